The molecule has 0 fully saturated rings. The molecule has 0 amide bonds. The Balaban J connectivity index is 0. The van der Waals surface area contributed by atoms with Crippen LogP contribution in [0.3, 0.4) is 0 Å². The predicted molar refractivity (Wildman–Crippen MR) is 76.6 cm³/mol. The highest BCUT2D eigenvalue weighted by Gasteiger charge is 2.28. The Kier molecular flexibility index (Phi) is 9.08. The van der Waals surface area contributed by atoms with Gasteiger partial charge in [-0.05, 0) is 40.5 Å². The minimum atomic E-state index is -0.959. The van der Waals surface area contributed by atoms with Crippen LogP contribution in [-0.4, -0.2) is 44.3 Å². The van der Waals surface area contributed by atoms with E-state index in [0.717, 1.165) is 0 Å². The molecule has 0 saturated heterocycles. The van der Waals surface area contributed by atoms with Crippen molar-refractivity contribution in [2.24, 2.45) is 10.8 Å². The van der Waals surface area contributed by atoms with Crippen molar-refractivity contribution in [3.63, 3.8) is 0 Å². The first-order valence-corrected chi connectivity index (χ1v) is 6.63. The normalized spacial score (nSPS) is 11.1. The number of carbonyl (C=O) groups is 4. The summed E-state index contributed by atoms with van der Waals surface area (Å²) >= 11 is 0. The third kappa shape index (κ3) is 10.6. The molecule has 0 saturated carbocycles. The third-order valence-electron chi connectivity index (χ3n) is 3.09. The van der Waals surface area contributed by atoms with Crippen LogP contribution in [-0.2, 0) is 19.2 Å². The Bertz CT molecular complexity index is 383. The molecule has 8 heteroatoms. The summed E-state index contributed by atoms with van der Waals surface area (Å²) in [7, 11) is 0. The van der Waals surface area contributed by atoms with Gasteiger partial charge in [0.15, 0.2) is 0 Å². The van der Waals surface area contributed by atoms with Crippen LogP contribution in [0.25, 0.3) is 0 Å². The number of hydrogen-bond donors (Lipinski definition) is 4. The summed E-state index contributed by atoms with van der Waals surface area (Å²) in [6.07, 6.45) is 0.133. The lowest BCUT2D eigenvalue weighted by molar-refractivity contribution is -0.149. The third-order valence-corrected chi connectivity index (χ3v) is 3.09. The summed E-state index contributed by atoms with van der Waals surface area (Å²) < 4.78 is 0. The molecule has 0 aliphatic carbocycles. The summed E-state index contributed by atoms with van der Waals surface area (Å²) in [5.41, 5.74) is -1.86. The molecule has 0 aromatic carbocycles. The molecule has 0 radical (unpaired) electrons. The van der Waals surface area contributed by atoms with E-state index in [1.807, 2.05) is 0 Å². The number of carboxylic acid groups (broad SMARTS) is 4. The van der Waals surface area contributed by atoms with Gasteiger partial charge in [0, 0.05) is 12.8 Å². The average molecular weight is 320 g/mol. The second kappa shape index (κ2) is 9.01. The molecule has 0 aliphatic heterocycles. The van der Waals surface area contributed by atoms with E-state index in [0.29, 0.717) is 0 Å². The summed E-state index contributed by atoms with van der Waals surface area (Å²) in [6.45, 7) is 6.05. The van der Waals surface area contributed by atoms with Crippen molar-refractivity contribution in [2.45, 2.75) is 53.4 Å². The maximum absolute atomic E-state index is 10.4. The number of aliphatic carboxylic acids is 4. The van der Waals surface area contributed by atoms with Crippen LogP contribution >= 0.6 is 0 Å². The van der Waals surface area contributed by atoms with E-state index in [1.165, 1.54) is 27.7 Å². The van der Waals surface area contributed by atoms with Gasteiger partial charge in [-0.15, -0.1) is 0 Å². The average Bonchev–Trinajstić information content (AvgIpc) is 2.34. The van der Waals surface area contributed by atoms with Crippen LogP contribution in [0, 0.1) is 10.8 Å². The largest absolute Gasteiger partial charge is 0.481 e. The van der Waals surface area contributed by atoms with Gasteiger partial charge in [0.05, 0.1) is 10.8 Å². The molecule has 0 bridgehead atoms. The zero-order valence-corrected chi connectivity index (χ0v) is 13.3. The molecule has 0 aliphatic rings. The Morgan fingerprint density at radius 1 is 0.636 bits per heavy atom. The van der Waals surface area contributed by atoms with Gasteiger partial charge < -0.3 is 20.4 Å². The van der Waals surface area contributed by atoms with Crippen molar-refractivity contribution >= 4 is 23.9 Å². The van der Waals surface area contributed by atoms with Gasteiger partial charge in [-0.2, -0.15) is 0 Å². The number of hydrogen-bond acceptors (Lipinski definition) is 4. The van der Waals surface area contributed by atoms with E-state index in [-0.39, 0.29) is 25.7 Å². The van der Waals surface area contributed by atoms with E-state index in [2.05, 4.69) is 0 Å². The molecule has 0 rings (SSSR count). The van der Waals surface area contributed by atoms with Crippen LogP contribution in [0.1, 0.15) is 53.4 Å². The second-order valence-corrected chi connectivity index (χ2v) is 6.17. The number of rotatable bonds is 8. The monoisotopic (exact) mass is 320 g/mol. The smallest absolute Gasteiger partial charge is 0.309 e. The highest BCUT2D eigenvalue weighted by molar-refractivity contribution is 5.75. The van der Waals surface area contributed by atoms with E-state index >= 15 is 0 Å². The van der Waals surface area contributed by atoms with E-state index in [9.17, 15) is 19.2 Å². The molecule has 128 valence electrons. The van der Waals surface area contributed by atoms with E-state index < -0.39 is 34.7 Å². The first kappa shape index (κ1) is 22.2. The molecule has 22 heavy (non-hydrogen) atoms. The first-order valence-electron chi connectivity index (χ1n) is 6.63. The molecule has 0 unspecified atom stereocenters. The summed E-state index contributed by atoms with van der Waals surface area (Å²) in [6, 6.07) is 0. The maximum atomic E-state index is 10.4. The van der Waals surface area contributed by atoms with Crippen LogP contribution in [0.5, 0.6) is 0 Å². The molecular formula is C14H24O8. The lowest BCUT2D eigenvalue weighted by Gasteiger charge is -2.16. The maximum Gasteiger partial charge on any atom is 0.309 e. The Morgan fingerprint density at radius 3 is 1.00 bits per heavy atom. The molecule has 0 aromatic heterocycles. The summed E-state index contributed by atoms with van der Waals surface area (Å²) in [4.78, 5) is 41.0. The zero-order valence-electron chi connectivity index (χ0n) is 13.3. The van der Waals surface area contributed by atoms with Crippen molar-refractivity contribution in [2.75, 3.05) is 0 Å². The van der Waals surface area contributed by atoms with Crippen LogP contribution in [0.4, 0.5) is 0 Å². The quantitative estimate of drug-likeness (QED) is 0.530. The van der Waals surface area contributed by atoms with Crippen molar-refractivity contribution in [1.82, 2.24) is 0 Å². The topological polar surface area (TPSA) is 149 Å². The van der Waals surface area contributed by atoms with Gasteiger partial charge in [0.25, 0.3) is 0 Å². The van der Waals surface area contributed by atoms with Crippen LogP contribution < -0.4 is 0 Å². The van der Waals surface area contributed by atoms with Crippen LogP contribution in [0.15, 0.2) is 0 Å². The van der Waals surface area contributed by atoms with Gasteiger partial charge in [-0.3, -0.25) is 19.2 Å². The van der Waals surface area contributed by atoms with E-state index in [1.54, 1.807) is 0 Å². The standard InChI is InChI=1S/2C7H12O4/c2*1-7(2,6(10)11)4-3-5(8)9/h2*3-4H2,1-2H3,(H,8,9)(H,10,11). The fraction of sp³-hybridized carbons (Fsp3) is 0.714. The lowest BCUT2D eigenvalue weighted by Crippen LogP contribution is -2.24. The molecule has 0 atom stereocenters. The number of carboxylic acids is 4. The minimum Gasteiger partial charge on any atom is -0.481 e. The SMILES string of the molecule is CC(C)(CCC(=O)O)C(=O)O.CC(C)(CCC(=O)O)C(=O)O. The van der Waals surface area contributed by atoms with Crippen molar-refractivity contribution in [1.29, 1.82) is 0 Å². The molecule has 0 heterocycles. The predicted octanol–water partition coefficient (Wildman–Crippen LogP) is 1.92. The highest BCUT2D eigenvalue weighted by atomic mass is 16.4. The molecular weight excluding hydrogens is 296 g/mol. The molecule has 4 N–H and O–H groups in total. The van der Waals surface area contributed by atoms with Gasteiger partial charge in [0.1, 0.15) is 0 Å². The second-order valence-electron chi connectivity index (χ2n) is 6.17. The van der Waals surface area contributed by atoms with Gasteiger partial charge >= 0.3 is 23.9 Å². The van der Waals surface area contributed by atoms with Gasteiger partial charge in [-0.25, -0.2) is 0 Å². The Hall–Kier alpha value is -2.12. The molecule has 0 spiro atoms. The fourth-order valence-electron chi connectivity index (χ4n) is 1.05. The molecule has 8 nitrogen and oxygen atoms in total. The van der Waals surface area contributed by atoms with Crippen molar-refractivity contribution in [3.05, 3.63) is 0 Å². The Labute approximate surface area is 128 Å². The summed E-state index contributed by atoms with van der Waals surface area (Å²) in [5.74, 6) is -3.84. The van der Waals surface area contributed by atoms with Crippen LogP contribution in [0.2, 0.25) is 0 Å². The fourth-order valence-corrected chi connectivity index (χ4v) is 1.05. The Morgan fingerprint density at radius 2 is 0.864 bits per heavy atom. The van der Waals surface area contributed by atoms with Crippen molar-refractivity contribution in [3.8, 4) is 0 Å². The van der Waals surface area contributed by atoms with Gasteiger partial charge in [0.2, 0.25) is 0 Å². The highest BCUT2D eigenvalue weighted by Crippen LogP contribution is 2.22. The molecule has 0 aromatic rings. The zero-order chi connectivity index (χ0) is 18.1. The van der Waals surface area contributed by atoms with Gasteiger partial charge in [-0.1, -0.05) is 0 Å². The van der Waals surface area contributed by atoms with Crippen molar-refractivity contribution < 1.29 is 39.6 Å². The lowest BCUT2D eigenvalue weighted by atomic mass is 9.88. The first-order chi connectivity index (χ1) is 9.72. The summed E-state index contributed by atoms with van der Waals surface area (Å²) in [5, 5.41) is 33.7. The minimum absolute atomic E-state index is 0.0979. The van der Waals surface area contributed by atoms with E-state index in [4.69, 9.17) is 20.4 Å².